The van der Waals surface area contributed by atoms with Crippen molar-refractivity contribution in [2.24, 2.45) is 5.92 Å². The highest BCUT2D eigenvalue weighted by Gasteiger charge is 2.26. The number of aromatic nitrogens is 1. The Bertz CT molecular complexity index is 446. The minimum atomic E-state index is -1.02. The predicted molar refractivity (Wildman–Crippen MR) is 67.3 cm³/mol. The Morgan fingerprint density at radius 3 is 2.67 bits per heavy atom. The summed E-state index contributed by atoms with van der Waals surface area (Å²) in [7, 11) is 0. The summed E-state index contributed by atoms with van der Waals surface area (Å²) in [6, 6.07) is 2.61. The van der Waals surface area contributed by atoms with Gasteiger partial charge in [0.15, 0.2) is 0 Å². The van der Waals surface area contributed by atoms with Gasteiger partial charge in [-0.3, -0.25) is 9.78 Å². The summed E-state index contributed by atoms with van der Waals surface area (Å²) < 4.78 is 0. The highest BCUT2D eigenvalue weighted by Crippen LogP contribution is 2.10. The second-order valence-electron chi connectivity index (χ2n) is 4.34. The number of carbonyl (C=O) groups excluding carboxylic acids is 1. The second-order valence-corrected chi connectivity index (χ2v) is 4.34. The zero-order chi connectivity index (χ0) is 13.7. The van der Waals surface area contributed by atoms with Gasteiger partial charge >= 0.3 is 5.97 Å². The summed E-state index contributed by atoms with van der Waals surface area (Å²) in [4.78, 5) is 27.1. The standard InChI is InChI=1S/C13H18N2O3/c1-4-8(2)11(13(17)18)15-12(16)10-9(3)6-5-7-14-10/h5-8,11H,4H2,1-3H3,(H,15,16)(H,17,18). The quantitative estimate of drug-likeness (QED) is 0.832. The maximum atomic E-state index is 12.0. The first-order valence-corrected chi connectivity index (χ1v) is 5.92. The highest BCUT2D eigenvalue weighted by molar-refractivity contribution is 5.96. The number of carbonyl (C=O) groups is 2. The van der Waals surface area contributed by atoms with Crippen LogP contribution in [0.25, 0.3) is 0 Å². The number of carboxylic acids is 1. The fourth-order valence-corrected chi connectivity index (χ4v) is 1.62. The topological polar surface area (TPSA) is 79.3 Å². The molecule has 0 spiro atoms. The van der Waals surface area contributed by atoms with Crippen molar-refractivity contribution < 1.29 is 14.7 Å². The van der Waals surface area contributed by atoms with Crippen LogP contribution in [0.3, 0.4) is 0 Å². The third-order valence-electron chi connectivity index (χ3n) is 2.99. The van der Waals surface area contributed by atoms with Crippen LogP contribution < -0.4 is 5.32 Å². The van der Waals surface area contributed by atoms with Crippen molar-refractivity contribution in [1.82, 2.24) is 10.3 Å². The van der Waals surface area contributed by atoms with E-state index < -0.39 is 17.9 Å². The van der Waals surface area contributed by atoms with Crippen LogP contribution in [0.2, 0.25) is 0 Å². The van der Waals surface area contributed by atoms with Crippen LogP contribution in [0.4, 0.5) is 0 Å². The molecule has 1 aromatic heterocycles. The molecule has 0 saturated heterocycles. The second kappa shape index (κ2) is 6.14. The largest absolute Gasteiger partial charge is 0.480 e. The molecule has 0 bridgehead atoms. The van der Waals surface area contributed by atoms with Crippen molar-refractivity contribution in [2.45, 2.75) is 33.2 Å². The summed E-state index contributed by atoms with van der Waals surface area (Å²) in [5.74, 6) is -1.59. The molecule has 5 nitrogen and oxygen atoms in total. The van der Waals surface area contributed by atoms with Crippen LogP contribution in [0.5, 0.6) is 0 Å². The minimum Gasteiger partial charge on any atom is -0.480 e. The molecule has 1 aromatic rings. The molecule has 1 rings (SSSR count). The molecule has 0 saturated carbocycles. The first-order chi connectivity index (χ1) is 8.47. The number of carboxylic acid groups (broad SMARTS) is 1. The fraction of sp³-hybridized carbons (Fsp3) is 0.462. The Balaban J connectivity index is 2.86. The Kier molecular flexibility index (Phi) is 4.83. The van der Waals surface area contributed by atoms with E-state index in [2.05, 4.69) is 10.3 Å². The number of nitrogens with one attached hydrogen (secondary N) is 1. The number of aryl methyl sites for hydroxylation is 1. The summed E-state index contributed by atoms with van der Waals surface area (Å²) in [5, 5.41) is 11.6. The van der Waals surface area contributed by atoms with E-state index in [1.165, 1.54) is 6.20 Å². The number of nitrogens with zero attached hydrogens (tertiary/aromatic N) is 1. The molecule has 2 N–H and O–H groups in total. The summed E-state index contributed by atoms with van der Waals surface area (Å²) in [6.07, 6.45) is 2.19. The molecule has 0 aliphatic carbocycles. The van der Waals surface area contributed by atoms with Crippen LogP contribution in [0.1, 0.15) is 36.3 Å². The van der Waals surface area contributed by atoms with Crippen LogP contribution in [0, 0.1) is 12.8 Å². The summed E-state index contributed by atoms with van der Waals surface area (Å²) in [6.45, 7) is 5.45. The zero-order valence-corrected chi connectivity index (χ0v) is 10.8. The van der Waals surface area contributed by atoms with Gasteiger partial charge in [0.2, 0.25) is 0 Å². The number of amides is 1. The van der Waals surface area contributed by atoms with Crippen LogP contribution in [-0.2, 0) is 4.79 Å². The van der Waals surface area contributed by atoms with Gasteiger partial charge in [0.1, 0.15) is 11.7 Å². The molecule has 18 heavy (non-hydrogen) atoms. The van der Waals surface area contributed by atoms with Gasteiger partial charge in [-0.25, -0.2) is 4.79 Å². The molecule has 0 fully saturated rings. The Hall–Kier alpha value is -1.91. The SMILES string of the molecule is CCC(C)C(NC(=O)c1ncccc1C)C(=O)O. The van der Waals surface area contributed by atoms with Gasteiger partial charge in [-0.05, 0) is 24.5 Å². The summed E-state index contributed by atoms with van der Waals surface area (Å²) >= 11 is 0. The van der Waals surface area contributed by atoms with Crippen LogP contribution in [0.15, 0.2) is 18.3 Å². The molecular weight excluding hydrogens is 232 g/mol. The van der Waals surface area contributed by atoms with E-state index in [9.17, 15) is 9.59 Å². The fourth-order valence-electron chi connectivity index (χ4n) is 1.62. The highest BCUT2D eigenvalue weighted by atomic mass is 16.4. The van der Waals surface area contributed by atoms with E-state index in [0.717, 1.165) is 5.56 Å². The van der Waals surface area contributed by atoms with E-state index in [1.54, 1.807) is 26.0 Å². The lowest BCUT2D eigenvalue weighted by Crippen LogP contribution is -2.45. The molecule has 0 radical (unpaired) electrons. The van der Waals surface area contributed by atoms with E-state index in [4.69, 9.17) is 5.11 Å². The van der Waals surface area contributed by atoms with Gasteiger partial charge in [-0.2, -0.15) is 0 Å². The van der Waals surface area contributed by atoms with Gasteiger partial charge in [0.05, 0.1) is 0 Å². The normalized spacial score (nSPS) is 13.7. The monoisotopic (exact) mass is 250 g/mol. The van der Waals surface area contributed by atoms with Crippen LogP contribution in [-0.4, -0.2) is 28.0 Å². The Morgan fingerprint density at radius 1 is 1.50 bits per heavy atom. The molecular formula is C13H18N2O3. The molecule has 98 valence electrons. The molecule has 0 aromatic carbocycles. The van der Waals surface area contributed by atoms with Crippen molar-refractivity contribution in [3.8, 4) is 0 Å². The van der Waals surface area contributed by atoms with E-state index in [0.29, 0.717) is 6.42 Å². The summed E-state index contributed by atoms with van der Waals surface area (Å²) in [5.41, 5.74) is 0.996. The average molecular weight is 250 g/mol. The van der Waals surface area contributed by atoms with Crippen molar-refractivity contribution in [2.75, 3.05) is 0 Å². The van der Waals surface area contributed by atoms with Gasteiger partial charge in [0.25, 0.3) is 5.91 Å². The molecule has 2 unspecified atom stereocenters. The number of hydrogen-bond acceptors (Lipinski definition) is 3. The first kappa shape index (κ1) is 14.2. The van der Waals surface area contributed by atoms with Gasteiger partial charge in [-0.15, -0.1) is 0 Å². The minimum absolute atomic E-state index is 0.129. The van der Waals surface area contributed by atoms with Crippen molar-refractivity contribution in [1.29, 1.82) is 0 Å². The Morgan fingerprint density at radius 2 is 2.17 bits per heavy atom. The zero-order valence-electron chi connectivity index (χ0n) is 10.8. The maximum absolute atomic E-state index is 12.0. The van der Waals surface area contributed by atoms with Gasteiger partial charge in [0, 0.05) is 6.20 Å². The predicted octanol–water partition coefficient (Wildman–Crippen LogP) is 1.62. The average Bonchev–Trinajstić information content (AvgIpc) is 2.35. The number of hydrogen-bond donors (Lipinski definition) is 2. The van der Waals surface area contributed by atoms with Gasteiger partial charge in [-0.1, -0.05) is 26.3 Å². The van der Waals surface area contributed by atoms with Crippen molar-refractivity contribution in [3.63, 3.8) is 0 Å². The third kappa shape index (κ3) is 3.29. The number of aliphatic carboxylic acids is 1. The molecule has 0 aliphatic rings. The molecule has 0 aliphatic heterocycles. The number of pyridine rings is 1. The van der Waals surface area contributed by atoms with Crippen molar-refractivity contribution in [3.05, 3.63) is 29.6 Å². The lowest BCUT2D eigenvalue weighted by Gasteiger charge is -2.20. The van der Waals surface area contributed by atoms with E-state index in [-0.39, 0.29) is 11.6 Å². The molecule has 2 atom stereocenters. The van der Waals surface area contributed by atoms with E-state index >= 15 is 0 Å². The lowest BCUT2D eigenvalue weighted by atomic mass is 9.99. The smallest absolute Gasteiger partial charge is 0.326 e. The first-order valence-electron chi connectivity index (χ1n) is 5.92. The third-order valence-corrected chi connectivity index (χ3v) is 2.99. The Labute approximate surface area is 106 Å². The van der Waals surface area contributed by atoms with Crippen molar-refractivity contribution >= 4 is 11.9 Å². The van der Waals surface area contributed by atoms with E-state index in [1.807, 2.05) is 6.92 Å². The van der Waals surface area contributed by atoms with Gasteiger partial charge < -0.3 is 10.4 Å². The van der Waals surface area contributed by atoms with Crippen LogP contribution >= 0.6 is 0 Å². The maximum Gasteiger partial charge on any atom is 0.326 e. The molecule has 1 amide bonds. The molecule has 1 heterocycles. The number of rotatable bonds is 5. The molecule has 5 heteroatoms. The lowest BCUT2D eigenvalue weighted by molar-refractivity contribution is -0.140.